The number of benzene rings is 9. The third-order valence-electron chi connectivity index (χ3n) is 10.7. The van der Waals surface area contributed by atoms with Gasteiger partial charge in [0.1, 0.15) is 0 Å². The Labute approximate surface area is 347 Å². The van der Waals surface area contributed by atoms with Gasteiger partial charge in [0.2, 0.25) is 0 Å². The number of nitrogens with zero attached hydrogens (tertiary/aromatic N) is 2. The quantitative estimate of drug-likeness (QED) is 0.104. The average molecular weight is 755 g/mol. The van der Waals surface area contributed by atoms with Gasteiger partial charge >= 0.3 is 0 Å². The molecule has 9 aromatic carbocycles. The summed E-state index contributed by atoms with van der Waals surface area (Å²) in [5.74, 6) is 0.639. The van der Waals surface area contributed by atoms with Crippen LogP contribution in [0.4, 0.5) is 5.69 Å². The van der Waals surface area contributed by atoms with Gasteiger partial charge in [-0.3, -0.25) is 0 Å². The summed E-state index contributed by atoms with van der Waals surface area (Å²) in [7, 11) is 0. The minimum atomic E-state index is 0.639. The summed E-state index contributed by atoms with van der Waals surface area (Å²) in [5.41, 5.74) is 17.1. The Morgan fingerprint density at radius 3 is 1.25 bits per heavy atom. The monoisotopic (exact) mass is 754 g/mol. The summed E-state index contributed by atoms with van der Waals surface area (Å²) in [6.45, 7) is 2.10. The van der Waals surface area contributed by atoms with E-state index in [1.165, 1.54) is 11.1 Å². The second kappa shape index (κ2) is 17.2. The molecule has 0 bridgehead atoms. The molecule has 2 nitrogen and oxygen atoms in total. The molecule has 0 aromatic heterocycles. The van der Waals surface area contributed by atoms with Gasteiger partial charge in [-0.25, -0.2) is 9.98 Å². The highest BCUT2D eigenvalue weighted by atomic mass is 14.9. The second-order valence-electron chi connectivity index (χ2n) is 14.6. The summed E-state index contributed by atoms with van der Waals surface area (Å²) in [4.78, 5) is 11.2. The first-order valence-electron chi connectivity index (χ1n) is 20.1. The summed E-state index contributed by atoms with van der Waals surface area (Å²) in [6.07, 6.45) is 0. The zero-order valence-corrected chi connectivity index (χ0v) is 32.9. The lowest BCUT2D eigenvalue weighted by Gasteiger charge is -2.18. The Morgan fingerprint density at radius 2 is 0.695 bits per heavy atom. The molecule has 0 heterocycles. The number of hydrogen-bond acceptors (Lipinski definition) is 1. The molecule has 0 N–H and O–H groups in total. The lowest BCUT2D eigenvalue weighted by Crippen LogP contribution is -2.05. The van der Waals surface area contributed by atoms with Gasteiger partial charge in [0.05, 0.1) is 5.69 Å². The van der Waals surface area contributed by atoms with Gasteiger partial charge in [-0.05, 0) is 92.4 Å². The number of aliphatic imine (C=N–C) groups is 2. The van der Waals surface area contributed by atoms with Crippen LogP contribution in [-0.4, -0.2) is 11.5 Å². The highest BCUT2D eigenvalue weighted by Crippen LogP contribution is 2.46. The van der Waals surface area contributed by atoms with Crippen LogP contribution in [-0.2, 0) is 0 Å². The first kappa shape index (κ1) is 36.9. The predicted molar refractivity (Wildman–Crippen MR) is 250 cm³/mol. The highest BCUT2D eigenvalue weighted by molar-refractivity contribution is 6.14. The molecule has 0 unspecified atom stereocenters. The third kappa shape index (κ3) is 8.25. The van der Waals surface area contributed by atoms with E-state index in [0.29, 0.717) is 5.84 Å². The van der Waals surface area contributed by atoms with Crippen molar-refractivity contribution in [3.8, 4) is 66.8 Å². The Morgan fingerprint density at radius 1 is 0.305 bits per heavy atom. The van der Waals surface area contributed by atoms with E-state index in [9.17, 15) is 0 Å². The van der Waals surface area contributed by atoms with Gasteiger partial charge in [-0.2, -0.15) is 0 Å². The van der Waals surface area contributed by atoms with Crippen molar-refractivity contribution >= 4 is 17.2 Å². The Hall–Kier alpha value is -7.68. The van der Waals surface area contributed by atoms with Crippen LogP contribution in [0.2, 0.25) is 0 Å². The molecule has 2 heteroatoms. The molecule has 0 aliphatic rings. The maximum absolute atomic E-state index is 5.67. The van der Waals surface area contributed by atoms with E-state index in [-0.39, 0.29) is 0 Å². The molecule has 0 saturated carbocycles. The maximum Gasteiger partial charge on any atom is 0.160 e. The largest absolute Gasteiger partial charge is 0.233 e. The maximum atomic E-state index is 5.67. The first-order valence-corrected chi connectivity index (χ1v) is 20.1. The van der Waals surface area contributed by atoms with Crippen LogP contribution in [0.1, 0.15) is 18.1 Å². The smallest absolute Gasteiger partial charge is 0.160 e. The van der Waals surface area contributed by atoms with E-state index in [1.54, 1.807) is 0 Å². The van der Waals surface area contributed by atoms with E-state index in [0.717, 1.165) is 78.2 Å². The van der Waals surface area contributed by atoms with Crippen LogP contribution in [0.15, 0.2) is 247 Å². The molecule has 0 atom stereocenters. The van der Waals surface area contributed by atoms with E-state index in [1.807, 2.05) is 6.07 Å². The standard InChI is InChI=1S/C57H42N2/c1-41(50-38-51(43-23-10-3-11-24-43)40-52(39-50)49-34-20-33-48(37-49)42-21-8-2-9-22-42)58-57(47-31-18-7-19-32-47)59-56-54(45-27-14-5-15-28-45)36-35-53(44-25-12-4-13-26-44)55(56)46-29-16-6-17-30-46/h2-40H,1H3/b58-41+,59-57-. The van der Waals surface area contributed by atoms with Gasteiger partial charge in [-0.15, -0.1) is 0 Å². The van der Waals surface area contributed by atoms with Crippen LogP contribution in [0.25, 0.3) is 66.8 Å². The lowest BCUT2D eigenvalue weighted by atomic mass is 9.89. The first-order chi connectivity index (χ1) is 29.2. The van der Waals surface area contributed by atoms with Crippen molar-refractivity contribution in [2.24, 2.45) is 9.98 Å². The molecule has 0 spiro atoms. The van der Waals surface area contributed by atoms with Crippen molar-refractivity contribution in [3.63, 3.8) is 0 Å². The summed E-state index contributed by atoms with van der Waals surface area (Å²) < 4.78 is 0. The molecule has 0 saturated heterocycles. The van der Waals surface area contributed by atoms with Crippen LogP contribution in [0.3, 0.4) is 0 Å². The fourth-order valence-corrected chi connectivity index (χ4v) is 7.69. The molecule has 0 amide bonds. The number of hydrogen-bond donors (Lipinski definition) is 0. The van der Waals surface area contributed by atoms with Crippen molar-refractivity contribution in [3.05, 3.63) is 248 Å². The predicted octanol–water partition coefficient (Wildman–Crippen LogP) is 15.3. The summed E-state index contributed by atoms with van der Waals surface area (Å²) in [6, 6.07) is 83.3. The van der Waals surface area contributed by atoms with Crippen molar-refractivity contribution in [1.29, 1.82) is 0 Å². The van der Waals surface area contributed by atoms with E-state index in [2.05, 4.69) is 237 Å². The molecule has 0 aliphatic heterocycles. The third-order valence-corrected chi connectivity index (χ3v) is 10.7. The Balaban J connectivity index is 1.27. The average Bonchev–Trinajstić information content (AvgIpc) is 3.32. The van der Waals surface area contributed by atoms with Crippen LogP contribution >= 0.6 is 0 Å². The molecule has 0 aliphatic carbocycles. The minimum absolute atomic E-state index is 0.639. The zero-order chi connectivity index (χ0) is 39.8. The van der Waals surface area contributed by atoms with Crippen LogP contribution in [0.5, 0.6) is 0 Å². The van der Waals surface area contributed by atoms with Crippen molar-refractivity contribution < 1.29 is 0 Å². The number of amidine groups is 1. The second-order valence-corrected chi connectivity index (χ2v) is 14.6. The van der Waals surface area contributed by atoms with Crippen molar-refractivity contribution in [1.82, 2.24) is 0 Å². The van der Waals surface area contributed by atoms with Gasteiger partial charge in [0, 0.05) is 22.4 Å². The van der Waals surface area contributed by atoms with Gasteiger partial charge in [0.25, 0.3) is 0 Å². The van der Waals surface area contributed by atoms with Gasteiger partial charge in [0.15, 0.2) is 5.84 Å². The molecule has 9 rings (SSSR count). The van der Waals surface area contributed by atoms with Gasteiger partial charge in [-0.1, -0.05) is 212 Å². The molecular formula is C57H42N2. The lowest BCUT2D eigenvalue weighted by molar-refractivity contribution is 1.42. The van der Waals surface area contributed by atoms with Gasteiger partial charge < -0.3 is 0 Å². The van der Waals surface area contributed by atoms with E-state index >= 15 is 0 Å². The van der Waals surface area contributed by atoms with E-state index < -0.39 is 0 Å². The van der Waals surface area contributed by atoms with Crippen LogP contribution < -0.4 is 0 Å². The van der Waals surface area contributed by atoms with Crippen molar-refractivity contribution in [2.75, 3.05) is 0 Å². The number of rotatable bonds is 9. The summed E-state index contributed by atoms with van der Waals surface area (Å²) in [5, 5.41) is 0. The zero-order valence-electron chi connectivity index (χ0n) is 32.9. The molecule has 9 aromatic rings. The fraction of sp³-hybridized carbons (Fsp3) is 0.0175. The Kier molecular flexibility index (Phi) is 10.8. The topological polar surface area (TPSA) is 24.7 Å². The summed E-state index contributed by atoms with van der Waals surface area (Å²) >= 11 is 0. The van der Waals surface area contributed by atoms with E-state index in [4.69, 9.17) is 9.98 Å². The minimum Gasteiger partial charge on any atom is -0.233 e. The normalized spacial score (nSPS) is 11.7. The SMILES string of the molecule is C/C(=N\C(=N/c1c(-c2ccccc2)ccc(-c2ccccc2)c1-c1ccccc1)c1ccccc1)c1cc(-c2ccccc2)cc(-c2cccc(-c3ccccc3)c2)c1. The molecular weight excluding hydrogens is 713 g/mol. The molecule has 280 valence electrons. The highest BCUT2D eigenvalue weighted by Gasteiger charge is 2.19. The molecule has 0 radical (unpaired) electrons. The fourth-order valence-electron chi connectivity index (χ4n) is 7.69. The molecule has 0 fully saturated rings. The van der Waals surface area contributed by atoms with Crippen LogP contribution in [0, 0.1) is 0 Å². The molecule has 59 heavy (non-hydrogen) atoms. The van der Waals surface area contributed by atoms with Crippen molar-refractivity contribution in [2.45, 2.75) is 6.92 Å². The Bertz CT molecular complexity index is 2880.